The zero-order valence-corrected chi connectivity index (χ0v) is 5.63. The van der Waals surface area contributed by atoms with E-state index < -0.39 is 0 Å². The Bertz CT molecular complexity index is 441. The predicted molar refractivity (Wildman–Crippen MR) is 41.2 cm³/mol. The average Bonchev–Trinajstić information content (AvgIpc) is 2.35. The first-order chi connectivity index (χ1) is 5.29. The van der Waals surface area contributed by atoms with Crippen LogP contribution in [0.1, 0.15) is 0 Å². The van der Waals surface area contributed by atoms with Gasteiger partial charge in [-0.25, -0.2) is 0 Å². The van der Waals surface area contributed by atoms with Crippen LogP contribution in [0.5, 0.6) is 0 Å². The second-order valence-electron chi connectivity index (χ2n) is 2.26. The van der Waals surface area contributed by atoms with Crippen LogP contribution in [0.2, 0.25) is 0 Å². The lowest BCUT2D eigenvalue weighted by Gasteiger charge is -1.88. The van der Waals surface area contributed by atoms with Crippen molar-refractivity contribution in [3.63, 3.8) is 0 Å². The maximum absolute atomic E-state index is 10.9. The zero-order chi connectivity index (χ0) is 7.84. The monoisotopic (exact) mass is 150 g/mol. The Kier molecular flexibility index (Phi) is 1.03. The predicted octanol–water partition coefficient (Wildman–Crippen LogP) is 0.703. The van der Waals surface area contributed by atoms with E-state index in [9.17, 15) is 4.79 Å². The van der Waals surface area contributed by atoms with E-state index in [4.69, 9.17) is 10.3 Å². The first-order valence-corrected chi connectivity index (χ1v) is 3.15. The quantitative estimate of drug-likeness (QED) is 0.543. The minimum absolute atomic E-state index is 0.243. The molecule has 0 unspecified atom stereocenters. The van der Waals surface area contributed by atoms with Crippen molar-refractivity contribution in [3.05, 3.63) is 28.6 Å². The van der Waals surface area contributed by atoms with Gasteiger partial charge < -0.3 is 10.3 Å². The van der Waals surface area contributed by atoms with Gasteiger partial charge >= 0.3 is 0 Å². The highest BCUT2D eigenvalue weighted by Gasteiger charge is 2.03. The molecule has 0 atom stereocenters. The Morgan fingerprint density at radius 3 is 3.00 bits per heavy atom. The van der Waals surface area contributed by atoms with Crippen LogP contribution in [0, 0.1) is 0 Å². The summed E-state index contributed by atoms with van der Waals surface area (Å²) in [5, 5.41) is 2.70. The van der Waals surface area contributed by atoms with Crippen molar-refractivity contribution in [2.75, 3.05) is 5.73 Å². The third-order valence-corrected chi connectivity index (χ3v) is 1.54. The van der Waals surface area contributed by atoms with Gasteiger partial charge in [0.2, 0.25) is 0 Å². The lowest BCUT2D eigenvalue weighted by Crippen LogP contribution is -1.96. The van der Waals surface area contributed by atoms with Crippen LogP contribution in [0.3, 0.4) is 0 Å². The molecule has 0 bridgehead atoms. The fourth-order valence-electron chi connectivity index (χ4n) is 1.000. The average molecular weight is 150 g/mol. The van der Waals surface area contributed by atoms with Gasteiger partial charge in [0.25, 0.3) is 5.56 Å². The van der Waals surface area contributed by atoms with E-state index in [0.717, 1.165) is 0 Å². The fourth-order valence-corrected chi connectivity index (χ4v) is 1.000. The smallest absolute Gasteiger partial charge is 0.287 e. The number of para-hydroxylation sites is 1. The molecule has 0 aliphatic carbocycles. The molecule has 0 saturated carbocycles. The van der Waals surface area contributed by atoms with Gasteiger partial charge in [0.05, 0.1) is 11.1 Å². The lowest BCUT2D eigenvalue weighted by molar-refractivity contribution is 0.450. The van der Waals surface area contributed by atoms with E-state index >= 15 is 0 Å². The molecule has 2 aromatic rings. The SMILES string of the molecule is Nc1cccc2c(=O)[nH]oc12. The van der Waals surface area contributed by atoms with Gasteiger partial charge in [-0.2, -0.15) is 5.16 Å². The Balaban J connectivity index is 3.06. The second-order valence-corrected chi connectivity index (χ2v) is 2.26. The third-order valence-electron chi connectivity index (χ3n) is 1.54. The molecular weight excluding hydrogens is 144 g/mol. The summed E-state index contributed by atoms with van der Waals surface area (Å²) in [6.45, 7) is 0. The molecule has 0 fully saturated rings. The molecule has 0 aliphatic heterocycles. The van der Waals surface area contributed by atoms with E-state index in [1.165, 1.54) is 0 Å². The molecular formula is C7H6N2O2. The number of H-pyrrole nitrogens is 1. The number of fused-ring (bicyclic) bond motifs is 1. The van der Waals surface area contributed by atoms with Crippen LogP contribution in [-0.2, 0) is 0 Å². The number of nitrogen functional groups attached to an aromatic ring is 1. The topological polar surface area (TPSA) is 72.0 Å². The van der Waals surface area contributed by atoms with Crippen molar-refractivity contribution in [2.24, 2.45) is 0 Å². The summed E-state index contributed by atoms with van der Waals surface area (Å²) >= 11 is 0. The normalized spacial score (nSPS) is 10.5. The molecule has 11 heavy (non-hydrogen) atoms. The molecule has 0 saturated heterocycles. The molecule has 3 N–H and O–H groups in total. The van der Waals surface area contributed by atoms with E-state index in [0.29, 0.717) is 16.7 Å². The second kappa shape index (κ2) is 1.88. The van der Waals surface area contributed by atoms with Crippen LogP contribution in [0.25, 0.3) is 11.0 Å². The number of hydrogen-bond donors (Lipinski definition) is 2. The van der Waals surface area contributed by atoms with Gasteiger partial charge in [0.15, 0.2) is 5.58 Å². The van der Waals surface area contributed by atoms with Crippen molar-refractivity contribution < 1.29 is 4.52 Å². The molecule has 0 amide bonds. The number of aromatic nitrogens is 1. The summed E-state index contributed by atoms with van der Waals surface area (Å²) in [5.74, 6) is 0. The molecule has 4 heteroatoms. The Hall–Kier alpha value is -1.71. The van der Waals surface area contributed by atoms with Gasteiger partial charge in [-0.05, 0) is 12.1 Å². The number of anilines is 1. The number of hydrogen-bond acceptors (Lipinski definition) is 3. The van der Waals surface area contributed by atoms with Crippen LogP contribution < -0.4 is 11.3 Å². The summed E-state index contributed by atoms with van der Waals surface area (Å²) in [4.78, 5) is 10.9. The first kappa shape index (κ1) is 6.03. The Labute approximate surface area is 61.6 Å². The van der Waals surface area contributed by atoms with Crippen LogP contribution >= 0.6 is 0 Å². The van der Waals surface area contributed by atoms with Gasteiger partial charge in [0.1, 0.15) is 0 Å². The van der Waals surface area contributed by atoms with E-state index in [1.807, 2.05) is 0 Å². The molecule has 1 aromatic heterocycles. The Morgan fingerprint density at radius 2 is 2.27 bits per heavy atom. The number of nitrogens with one attached hydrogen (secondary N) is 1. The van der Waals surface area contributed by atoms with Crippen LogP contribution in [-0.4, -0.2) is 5.16 Å². The number of aromatic amines is 1. The number of rotatable bonds is 0. The highest BCUT2D eigenvalue weighted by Crippen LogP contribution is 2.15. The first-order valence-electron chi connectivity index (χ1n) is 3.15. The van der Waals surface area contributed by atoms with E-state index in [1.54, 1.807) is 18.2 Å². The molecule has 0 radical (unpaired) electrons. The zero-order valence-electron chi connectivity index (χ0n) is 5.63. The minimum atomic E-state index is -0.243. The molecule has 1 heterocycles. The van der Waals surface area contributed by atoms with Gasteiger partial charge in [-0.1, -0.05) is 6.07 Å². The van der Waals surface area contributed by atoms with Gasteiger partial charge in [-0.3, -0.25) is 4.79 Å². The van der Waals surface area contributed by atoms with Crippen molar-refractivity contribution in [2.45, 2.75) is 0 Å². The maximum atomic E-state index is 10.9. The van der Waals surface area contributed by atoms with Crippen molar-refractivity contribution in [1.82, 2.24) is 5.16 Å². The van der Waals surface area contributed by atoms with Gasteiger partial charge in [0, 0.05) is 0 Å². The summed E-state index contributed by atoms with van der Waals surface area (Å²) in [5.41, 5.74) is 6.17. The minimum Gasteiger partial charge on any atom is -0.396 e. The Morgan fingerprint density at radius 1 is 1.45 bits per heavy atom. The number of benzene rings is 1. The molecule has 4 nitrogen and oxygen atoms in total. The molecule has 0 aliphatic rings. The largest absolute Gasteiger partial charge is 0.396 e. The summed E-state index contributed by atoms with van der Waals surface area (Å²) < 4.78 is 4.82. The van der Waals surface area contributed by atoms with E-state index in [-0.39, 0.29) is 5.56 Å². The summed E-state index contributed by atoms with van der Waals surface area (Å²) in [6.07, 6.45) is 0. The molecule has 0 spiro atoms. The van der Waals surface area contributed by atoms with Gasteiger partial charge in [-0.15, -0.1) is 0 Å². The van der Waals surface area contributed by atoms with Crippen LogP contribution in [0.15, 0.2) is 27.5 Å². The lowest BCUT2D eigenvalue weighted by atomic mass is 10.2. The number of nitrogens with two attached hydrogens (primary N) is 1. The maximum Gasteiger partial charge on any atom is 0.287 e. The van der Waals surface area contributed by atoms with Crippen molar-refractivity contribution in [1.29, 1.82) is 0 Å². The highest BCUT2D eigenvalue weighted by atomic mass is 16.5. The third kappa shape index (κ3) is 0.724. The fraction of sp³-hybridized carbons (Fsp3) is 0. The molecule has 2 rings (SSSR count). The summed E-state index contributed by atoms with van der Waals surface area (Å²) in [6, 6.07) is 5.05. The standard InChI is InChI=1S/C7H6N2O2/c8-5-3-1-2-4-6(5)11-9-7(4)10/h1-3H,8H2,(H,9,10). The van der Waals surface area contributed by atoms with E-state index in [2.05, 4.69) is 5.16 Å². The molecule has 56 valence electrons. The van der Waals surface area contributed by atoms with Crippen LogP contribution in [0.4, 0.5) is 5.69 Å². The highest BCUT2D eigenvalue weighted by molar-refractivity contribution is 5.86. The summed E-state index contributed by atoms with van der Waals surface area (Å²) in [7, 11) is 0. The van der Waals surface area contributed by atoms with Crippen molar-refractivity contribution >= 4 is 16.7 Å². The molecule has 1 aromatic carbocycles. The van der Waals surface area contributed by atoms with Crippen molar-refractivity contribution in [3.8, 4) is 0 Å².